The molecule has 1 aromatic carbocycles. The lowest BCUT2D eigenvalue weighted by Crippen LogP contribution is -1.98. The van der Waals surface area contributed by atoms with Crippen molar-refractivity contribution in [3.05, 3.63) is 22.8 Å². The van der Waals surface area contributed by atoms with Gasteiger partial charge in [0.05, 0.1) is 16.6 Å². The molecule has 0 radical (unpaired) electrons. The minimum atomic E-state index is -3.21. The van der Waals surface area contributed by atoms with Gasteiger partial charge in [-0.1, -0.05) is 15.9 Å². The van der Waals surface area contributed by atoms with Crippen molar-refractivity contribution in [3.8, 4) is 0 Å². The maximum Gasteiger partial charge on any atom is 0.177 e. The third kappa shape index (κ3) is 1.44. The topological polar surface area (TPSA) is 62.8 Å². The van der Waals surface area contributed by atoms with Gasteiger partial charge in [-0.25, -0.2) is 8.42 Å². The number of halogens is 1. The van der Waals surface area contributed by atoms with E-state index >= 15 is 0 Å². The fourth-order valence-corrected chi connectivity index (χ4v) is 2.56. The third-order valence-electron chi connectivity index (χ3n) is 1.92. The summed E-state index contributed by atoms with van der Waals surface area (Å²) in [7, 11) is -3.21. The number of rotatable bonds is 1. The first kappa shape index (κ1) is 9.67. The average Bonchev–Trinajstić information content (AvgIpc) is 2.50. The van der Waals surface area contributed by atoms with Crippen molar-refractivity contribution in [2.45, 2.75) is 4.90 Å². The Balaban J connectivity index is 2.93. The minimum Gasteiger partial charge on any atom is -0.276 e. The van der Waals surface area contributed by atoms with Crippen molar-refractivity contribution in [2.75, 3.05) is 6.26 Å². The Morgan fingerprint density at radius 1 is 1.43 bits per heavy atom. The van der Waals surface area contributed by atoms with E-state index in [0.29, 0.717) is 5.52 Å². The molecule has 0 bridgehead atoms. The molecule has 1 heterocycles. The zero-order chi connectivity index (χ0) is 10.3. The van der Waals surface area contributed by atoms with Crippen LogP contribution in [-0.2, 0) is 9.84 Å². The Labute approximate surface area is 89.4 Å². The molecule has 0 saturated carbocycles. The summed E-state index contributed by atoms with van der Waals surface area (Å²) in [5.74, 6) is 0. The smallest absolute Gasteiger partial charge is 0.177 e. The van der Waals surface area contributed by atoms with Crippen LogP contribution in [0.4, 0.5) is 0 Å². The van der Waals surface area contributed by atoms with Gasteiger partial charge in [0.15, 0.2) is 9.84 Å². The van der Waals surface area contributed by atoms with Crippen LogP contribution in [0.25, 0.3) is 10.9 Å². The van der Waals surface area contributed by atoms with E-state index in [2.05, 4.69) is 26.1 Å². The van der Waals surface area contributed by atoms with Crippen molar-refractivity contribution in [1.29, 1.82) is 0 Å². The molecule has 0 aliphatic carbocycles. The number of nitrogens with zero attached hydrogens (tertiary/aromatic N) is 1. The van der Waals surface area contributed by atoms with Crippen molar-refractivity contribution >= 4 is 36.7 Å². The van der Waals surface area contributed by atoms with Crippen molar-refractivity contribution in [1.82, 2.24) is 10.2 Å². The highest BCUT2D eigenvalue weighted by Gasteiger charge is 2.14. The predicted octanol–water partition coefficient (Wildman–Crippen LogP) is 1.73. The number of nitrogens with one attached hydrogen (secondary N) is 1. The second-order valence-corrected chi connectivity index (χ2v) is 5.81. The van der Waals surface area contributed by atoms with E-state index < -0.39 is 9.84 Å². The molecule has 1 N–H and O–H groups in total. The number of aromatic nitrogens is 2. The first-order valence-electron chi connectivity index (χ1n) is 3.82. The zero-order valence-electron chi connectivity index (χ0n) is 7.28. The first-order chi connectivity index (χ1) is 6.50. The van der Waals surface area contributed by atoms with Crippen molar-refractivity contribution < 1.29 is 8.42 Å². The first-order valence-corrected chi connectivity index (χ1v) is 6.50. The summed E-state index contributed by atoms with van der Waals surface area (Å²) < 4.78 is 23.6. The van der Waals surface area contributed by atoms with E-state index in [4.69, 9.17) is 0 Å². The van der Waals surface area contributed by atoms with Gasteiger partial charge < -0.3 is 0 Å². The largest absolute Gasteiger partial charge is 0.276 e. The van der Waals surface area contributed by atoms with Crippen LogP contribution >= 0.6 is 15.9 Å². The van der Waals surface area contributed by atoms with E-state index in [1.54, 1.807) is 18.3 Å². The summed E-state index contributed by atoms with van der Waals surface area (Å²) in [5.41, 5.74) is 0.543. The Hall–Kier alpha value is -0.880. The van der Waals surface area contributed by atoms with Gasteiger partial charge in [-0.3, -0.25) is 5.10 Å². The van der Waals surface area contributed by atoms with Crippen LogP contribution in [0.3, 0.4) is 0 Å². The molecule has 4 nitrogen and oxygen atoms in total. The van der Waals surface area contributed by atoms with Crippen LogP contribution < -0.4 is 0 Å². The number of hydrogen-bond donors (Lipinski definition) is 1. The highest BCUT2D eigenvalue weighted by Crippen LogP contribution is 2.27. The molecule has 0 aliphatic heterocycles. The Kier molecular flexibility index (Phi) is 2.11. The quantitative estimate of drug-likeness (QED) is 0.862. The van der Waals surface area contributed by atoms with Gasteiger partial charge in [-0.15, -0.1) is 0 Å². The summed E-state index contributed by atoms with van der Waals surface area (Å²) in [6.45, 7) is 0. The average molecular weight is 275 g/mol. The van der Waals surface area contributed by atoms with E-state index in [9.17, 15) is 8.42 Å². The lowest BCUT2D eigenvalue weighted by atomic mass is 10.3. The highest BCUT2D eigenvalue weighted by molar-refractivity contribution is 9.10. The molecular formula is C8H7BrN2O2S. The van der Waals surface area contributed by atoms with E-state index in [0.717, 1.165) is 9.86 Å². The fraction of sp³-hybridized carbons (Fsp3) is 0.125. The maximum absolute atomic E-state index is 11.4. The van der Waals surface area contributed by atoms with Gasteiger partial charge in [0.25, 0.3) is 0 Å². The molecule has 74 valence electrons. The number of benzene rings is 1. The molecule has 0 saturated heterocycles. The second kappa shape index (κ2) is 3.06. The summed E-state index contributed by atoms with van der Waals surface area (Å²) in [6.07, 6.45) is 2.77. The third-order valence-corrected chi connectivity index (χ3v) is 3.75. The number of fused-ring (bicyclic) bond motifs is 1. The van der Waals surface area contributed by atoms with E-state index in [-0.39, 0.29) is 4.90 Å². The molecule has 6 heteroatoms. The Morgan fingerprint density at radius 3 is 2.79 bits per heavy atom. The lowest BCUT2D eigenvalue weighted by molar-refractivity contribution is 0.602. The molecule has 14 heavy (non-hydrogen) atoms. The molecule has 0 unspecified atom stereocenters. The molecule has 0 atom stereocenters. The minimum absolute atomic E-state index is 0.271. The molecule has 2 rings (SSSR count). The standard InChI is InChI=1S/C8H7BrN2O2S/c1-14(12,13)7-3-2-6(9)5-4-10-11-8(5)7/h2-4H,1H3,(H,10,11). The summed E-state index contributed by atoms with van der Waals surface area (Å²) in [4.78, 5) is 0.271. The summed E-state index contributed by atoms with van der Waals surface area (Å²) >= 11 is 3.32. The Morgan fingerprint density at radius 2 is 2.14 bits per heavy atom. The molecule has 0 spiro atoms. The van der Waals surface area contributed by atoms with Gasteiger partial charge in [0.2, 0.25) is 0 Å². The van der Waals surface area contributed by atoms with E-state index in [1.165, 1.54) is 6.26 Å². The molecule has 0 aliphatic rings. The summed E-state index contributed by atoms with van der Waals surface area (Å²) in [6, 6.07) is 3.26. The molecule has 0 fully saturated rings. The van der Waals surface area contributed by atoms with Gasteiger partial charge in [-0.2, -0.15) is 5.10 Å². The van der Waals surface area contributed by atoms with Crippen LogP contribution in [0.5, 0.6) is 0 Å². The number of H-pyrrole nitrogens is 1. The second-order valence-electron chi connectivity index (χ2n) is 2.98. The number of sulfone groups is 1. The van der Waals surface area contributed by atoms with Crippen LogP contribution in [0, 0.1) is 0 Å². The fourth-order valence-electron chi connectivity index (χ4n) is 1.29. The SMILES string of the molecule is CS(=O)(=O)c1ccc(Br)c2cn[nH]c12. The number of aromatic amines is 1. The highest BCUT2D eigenvalue weighted by atomic mass is 79.9. The van der Waals surface area contributed by atoms with Crippen LogP contribution in [0.1, 0.15) is 0 Å². The van der Waals surface area contributed by atoms with Crippen LogP contribution in [0.15, 0.2) is 27.7 Å². The van der Waals surface area contributed by atoms with Gasteiger partial charge >= 0.3 is 0 Å². The van der Waals surface area contributed by atoms with Crippen LogP contribution in [0.2, 0.25) is 0 Å². The maximum atomic E-state index is 11.4. The zero-order valence-corrected chi connectivity index (χ0v) is 9.68. The normalized spacial score (nSPS) is 12.1. The molecule has 0 amide bonds. The van der Waals surface area contributed by atoms with Gasteiger partial charge in [0.1, 0.15) is 0 Å². The van der Waals surface area contributed by atoms with Crippen LogP contribution in [-0.4, -0.2) is 24.9 Å². The molecular weight excluding hydrogens is 268 g/mol. The number of hydrogen-bond acceptors (Lipinski definition) is 3. The molecule has 2 aromatic rings. The monoisotopic (exact) mass is 274 g/mol. The van der Waals surface area contributed by atoms with E-state index in [1.807, 2.05) is 0 Å². The van der Waals surface area contributed by atoms with Crippen molar-refractivity contribution in [3.63, 3.8) is 0 Å². The summed E-state index contributed by atoms with van der Waals surface area (Å²) in [5, 5.41) is 7.26. The van der Waals surface area contributed by atoms with Crippen molar-refractivity contribution in [2.24, 2.45) is 0 Å². The lowest BCUT2D eigenvalue weighted by Gasteiger charge is -2.00. The van der Waals surface area contributed by atoms with Gasteiger partial charge in [-0.05, 0) is 12.1 Å². The molecule has 1 aromatic heterocycles. The Bertz CT molecular complexity index is 588. The van der Waals surface area contributed by atoms with Gasteiger partial charge in [0, 0.05) is 16.1 Å². The predicted molar refractivity (Wildman–Crippen MR) is 56.9 cm³/mol.